The van der Waals surface area contributed by atoms with Gasteiger partial charge in [-0.3, -0.25) is 14.8 Å². The van der Waals surface area contributed by atoms with Crippen molar-refractivity contribution in [2.45, 2.75) is 18.7 Å². The Hall–Kier alpha value is -2.94. The minimum atomic E-state index is -4.01. The van der Waals surface area contributed by atoms with Gasteiger partial charge in [-0.15, -0.1) is 0 Å². The highest BCUT2D eigenvalue weighted by molar-refractivity contribution is 7.92. The van der Waals surface area contributed by atoms with E-state index < -0.39 is 20.9 Å². The summed E-state index contributed by atoms with van der Waals surface area (Å²) in [6.45, 7) is 3.55. The van der Waals surface area contributed by atoms with Crippen LogP contribution in [0, 0.1) is 17.0 Å². The number of aryl methyl sites for hydroxylation is 1. The number of non-ortho nitro benzene ring substituents is 1. The molecular weight excluding hydrogens is 348 g/mol. The van der Waals surface area contributed by atoms with Crippen molar-refractivity contribution in [2.24, 2.45) is 0 Å². The molecule has 0 heterocycles. The number of sulfonamides is 1. The van der Waals surface area contributed by atoms with Crippen LogP contribution in [0.25, 0.3) is 0 Å². The van der Waals surface area contributed by atoms with E-state index in [0.29, 0.717) is 11.1 Å². The number of rotatable bonds is 6. The summed E-state index contributed by atoms with van der Waals surface area (Å²) < 4.78 is 32.1. The van der Waals surface area contributed by atoms with Gasteiger partial charge in [0.25, 0.3) is 15.7 Å². The number of anilines is 1. The van der Waals surface area contributed by atoms with Crippen molar-refractivity contribution in [2.75, 3.05) is 11.3 Å². The number of hydrogen-bond acceptors (Lipinski definition) is 6. The van der Waals surface area contributed by atoms with Crippen LogP contribution in [0.2, 0.25) is 0 Å². The van der Waals surface area contributed by atoms with E-state index in [0.717, 1.165) is 6.07 Å². The Morgan fingerprint density at radius 1 is 1.24 bits per heavy atom. The number of carbonyl (C=O) groups excluding carboxylic acids is 1. The first-order valence-corrected chi connectivity index (χ1v) is 8.78. The summed E-state index contributed by atoms with van der Waals surface area (Å²) in [4.78, 5) is 21.6. The molecule has 0 saturated carbocycles. The van der Waals surface area contributed by atoms with Crippen molar-refractivity contribution in [3.05, 3.63) is 63.7 Å². The Labute approximate surface area is 144 Å². The first-order valence-electron chi connectivity index (χ1n) is 7.29. The minimum absolute atomic E-state index is 0.226. The zero-order valence-corrected chi connectivity index (χ0v) is 14.4. The molecule has 0 aliphatic heterocycles. The molecule has 0 unspecified atom stereocenters. The Morgan fingerprint density at radius 2 is 1.96 bits per heavy atom. The first-order chi connectivity index (χ1) is 11.7. The molecule has 0 amide bonds. The summed E-state index contributed by atoms with van der Waals surface area (Å²) >= 11 is 0. The van der Waals surface area contributed by atoms with E-state index >= 15 is 0 Å². The molecule has 0 saturated heterocycles. The fraction of sp³-hybridized carbons (Fsp3) is 0.188. The van der Waals surface area contributed by atoms with E-state index in [-0.39, 0.29) is 22.9 Å². The van der Waals surface area contributed by atoms with Crippen molar-refractivity contribution in [1.82, 2.24) is 0 Å². The standard InChI is InChI=1S/C16H16N2O6S/c1-3-24-16(19)12-7-8-15(11(2)9-12)17-25(22,23)14-6-4-5-13(10-14)18(20)21/h4-10,17H,3H2,1-2H3. The molecule has 25 heavy (non-hydrogen) atoms. The van der Waals surface area contributed by atoms with Crippen LogP contribution < -0.4 is 4.72 Å². The number of nitrogens with zero attached hydrogens (tertiary/aromatic N) is 1. The van der Waals surface area contributed by atoms with Gasteiger partial charge in [0.2, 0.25) is 0 Å². The van der Waals surface area contributed by atoms with Crippen LogP contribution in [0.5, 0.6) is 0 Å². The van der Waals surface area contributed by atoms with Crippen molar-refractivity contribution in [3.8, 4) is 0 Å². The fourth-order valence-corrected chi connectivity index (χ4v) is 3.26. The Morgan fingerprint density at radius 3 is 2.56 bits per heavy atom. The lowest BCUT2D eigenvalue weighted by Crippen LogP contribution is -2.14. The third-order valence-electron chi connectivity index (χ3n) is 3.32. The van der Waals surface area contributed by atoms with Gasteiger partial charge in [-0.05, 0) is 43.7 Å². The number of ether oxygens (including phenoxy) is 1. The zero-order valence-electron chi connectivity index (χ0n) is 13.6. The van der Waals surface area contributed by atoms with Crippen molar-refractivity contribution in [1.29, 1.82) is 0 Å². The maximum absolute atomic E-state index is 12.4. The van der Waals surface area contributed by atoms with Gasteiger partial charge >= 0.3 is 5.97 Å². The highest BCUT2D eigenvalue weighted by Gasteiger charge is 2.19. The highest BCUT2D eigenvalue weighted by atomic mass is 32.2. The van der Waals surface area contributed by atoms with Gasteiger partial charge in [0, 0.05) is 12.1 Å². The lowest BCUT2D eigenvalue weighted by Gasteiger charge is -2.11. The lowest BCUT2D eigenvalue weighted by molar-refractivity contribution is -0.385. The van der Waals surface area contributed by atoms with Crippen LogP contribution in [0.3, 0.4) is 0 Å². The maximum Gasteiger partial charge on any atom is 0.338 e. The molecule has 0 aromatic heterocycles. The van der Waals surface area contributed by atoms with E-state index in [1.165, 1.54) is 36.4 Å². The summed E-state index contributed by atoms with van der Waals surface area (Å²) in [6, 6.07) is 9.13. The molecule has 1 N–H and O–H groups in total. The molecular formula is C16H16N2O6S. The van der Waals surface area contributed by atoms with Crippen LogP contribution >= 0.6 is 0 Å². The predicted molar refractivity (Wildman–Crippen MR) is 91.0 cm³/mol. The van der Waals surface area contributed by atoms with Gasteiger partial charge in [0.05, 0.1) is 27.7 Å². The highest BCUT2D eigenvalue weighted by Crippen LogP contribution is 2.23. The van der Waals surface area contributed by atoms with E-state index in [4.69, 9.17) is 4.74 Å². The Balaban J connectivity index is 2.30. The SMILES string of the molecule is CCOC(=O)c1ccc(NS(=O)(=O)c2cccc([N+](=O)[O-])c2)c(C)c1. The molecule has 9 heteroatoms. The second kappa shape index (κ2) is 7.31. The van der Waals surface area contributed by atoms with Crippen molar-refractivity contribution < 1.29 is 22.9 Å². The molecule has 2 rings (SSSR count). The van der Waals surface area contributed by atoms with Gasteiger partial charge in [-0.2, -0.15) is 0 Å². The molecule has 0 bridgehead atoms. The predicted octanol–water partition coefficient (Wildman–Crippen LogP) is 2.88. The van der Waals surface area contributed by atoms with Crippen molar-refractivity contribution >= 4 is 27.4 Å². The molecule has 0 aliphatic rings. The quantitative estimate of drug-likeness (QED) is 0.479. The third kappa shape index (κ3) is 4.32. The summed E-state index contributed by atoms with van der Waals surface area (Å²) in [5.41, 5.74) is 0.758. The van der Waals surface area contributed by atoms with E-state index in [1.807, 2.05) is 0 Å². The average Bonchev–Trinajstić information content (AvgIpc) is 2.57. The number of hydrogen-bond donors (Lipinski definition) is 1. The number of nitro benzene ring substituents is 1. The van der Waals surface area contributed by atoms with Gasteiger partial charge in [-0.1, -0.05) is 6.07 Å². The number of carbonyl (C=O) groups is 1. The normalized spacial score (nSPS) is 11.0. The molecule has 0 fully saturated rings. The largest absolute Gasteiger partial charge is 0.462 e. The molecule has 2 aromatic rings. The monoisotopic (exact) mass is 364 g/mol. The van der Waals surface area contributed by atoms with Crippen molar-refractivity contribution in [3.63, 3.8) is 0 Å². The molecule has 8 nitrogen and oxygen atoms in total. The van der Waals surface area contributed by atoms with Gasteiger partial charge in [0.15, 0.2) is 0 Å². The second-order valence-electron chi connectivity index (χ2n) is 5.11. The minimum Gasteiger partial charge on any atom is -0.462 e. The Bertz CT molecular complexity index is 924. The van der Waals surface area contributed by atoms with E-state index in [1.54, 1.807) is 13.8 Å². The van der Waals surface area contributed by atoms with Gasteiger partial charge < -0.3 is 4.74 Å². The summed E-state index contributed by atoms with van der Waals surface area (Å²) in [5, 5.41) is 10.8. The number of esters is 1. The summed E-state index contributed by atoms with van der Waals surface area (Å²) in [7, 11) is -4.01. The first kappa shape index (κ1) is 18.4. The number of nitrogens with one attached hydrogen (secondary N) is 1. The lowest BCUT2D eigenvalue weighted by atomic mass is 10.1. The second-order valence-corrected chi connectivity index (χ2v) is 6.79. The van der Waals surface area contributed by atoms with Crippen LogP contribution in [0.4, 0.5) is 11.4 Å². The van der Waals surface area contributed by atoms with E-state index in [2.05, 4.69) is 4.72 Å². The fourth-order valence-electron chi connectivity index (χ4n) is 2.09. The Kier molecular flexibility index (Phi) is 5.38. The summed E-state index contributed by atoms with van der Waals surface area (Å²) in [6.07, 6.45) is 0. The van der Waals surface area contributed by atoms with Gasteiger partial charge in [0.1, 0.15) is 0 Å². The van der Waals surface area contributed by atoms with Crippen LogP contribution in [-0.2, 0) is 14.8 Å². The number of benzene rings is 2. The third-order valence-corrected chi connectivity index (χ3v) is 4.68. The molecule has 0 spiro atoms. The van der Waals surface area contributed by atoms with Gasteiger partial charge in [-0.25, -0.2) is 13.2 Å². The number of nitro groups is 1. The average molecular weight is 364 g/mol. The van der Waals surface area contributed by atoms with Crippen LogP contribution in [-0.4, -0.2) is 25.9 Å². The van der Waals surface area contributed by atoms with E-state index in [9.17, 15) is 23.3 Å². The van der Waals surface area contributed by atoms with Crippen LogP contribution in [0.15, 0.2) is 47.4 Å². The molecule has 0 atom stereocenters. The molecule has 2 aromatic carbocycles. The smallest absolute Gasteiger partial charge is 0.338 e. The molecule has 132 valence electrons. The maximum atomic E-state index is 12.4. The molecule has 0 aliphatic carbocycles. The summed E-state index contributed by atoms with van der Waals surface area (Å²) in [5.74, 6) is -0.501. The molecule has 0 radical (unpaired) electrons. The van der Waals surface area contributed by atoms with Crippen LogP contribution in [0.1, 0.15) is 22.8 Å². The topological polar surface area (TPSA) is 116 Å². The zero-order chi connectivity index (χ0) is 18.6.